The van der Waals surface area contributed by atoms with Gasteiger partial charge in [-0.05, 0) is 36.1 Å². The smallest absolute Gasteiger partial charge is 0.326 e. The zero-order chi connectivity index (χ0) is 22.1. The van der Waals surface area contributed by atoms with Gasteiger partial charge in [-0.15, -0.1) is 11.3 Å². The third-order valence-corrected chi connectivity index (χ3v) is 6.07. The van der Waals surface area contributed by atoms with Crippen molar-refractivity contribution < 1.29 is 14.7 Å². The van der Waals surface area contributed by atoms with Crippen LogP contribution in [-0.2, 0) is 4.79 Å². The highest BCUT2D eigenvalue weighted by atomic mass is 32.1. The standard InChI is InChI=1S/C24H25N3O3S/c25-16-26-15-7-12-19(24(29)30)27-23(28)21-14-13-20(31-21)22(17-8-3-1-4-9-17)18-10-5-2-6-11-18/h1-6,8-11,13-14,16,19,22H,7,12,15H2,(H2,25,26)(H,27,28)(H,29,30). The maximum atomic E-state index is 12.7. The normalized spacial score (nSPS) is 11.6. The summed E-state index contributed by atoms with van der Waals surface area (Å²) in [6, 6.07) is 22.9. The molecule has 0 radical (unpaired) electrons. The summed E-state index contributed by atoms with van der Waals surface area (Å²) in [6.45, 7) is 0.488. The van der Waals surface area contributed by atoms with Gasteiger partial charge in [-0.1, -0.05) is 60.7 Å². The van der Waals surface area contributed by atoms with Crippen LogP contribution in [0.15, 0.2) is 72.8 Å². The average molecular weight is 436 g/mol. The van der Waals surface area contributed by atoms with E-state index in [1.54, 1.807) is 6.07 Å². The molecular weight excluding hydrogens is 410 g/mol. The largest absolute Gasteiger partial charge is 0.480 e. The lowest BCUT2D eigenvalue weighted by atomic mass is 9.90. The summed E-state index contributed by atoms with van der Waals surface area (Å²) in [6.07, 6.45) is 1.89. The maximum Gasteiger partial charge on any atom is 0.326 e. The summed E-state index contributed by atoms with van der Waals surface area (Å²) in [5, 5.41) is 21.7. The number of carboxylic acid groups (broad SMARTS) is 1. The third kappa shape index (κ3) is 6.02. The maximum absolute atomic E-state index is 12.7. The number of hydrogen-bond donors (Lipinski definition) is 4. The molecule has 0 aliphatic carbocycles. The zero-order valence-corrected chi connectivity index (χ0v) is 17.8. The van der Waals surface area contributed by atoms with Gasteiger partial charge in [-0.25, -0.2) is 4.79 Å². The number of rotatable bonds is 11. The molecule has 2 aromatic carbocycles. The van der Waals surface area contributed by atoms with Crippen molar-refractivity contribution in [1.82, 2.24) is 10.6 Å². The molecule has 0 saturated carbocycles. The number of carbonyl (C=O) groups is 2. The first kappa shape index (κ1) is 22.2. The van der Waals surface area contributed by atoms with Crippen molar-refractivity contribution >= 4 is 29.6 Å². The van der Waals surface area contributed by atoms with Gasteiger partial charge < -0.3 is 15.7 Å². The van der Waals surface area contributed by atoms with E-state index in [0.717, 1.165) is 22.3 Å². The van der Waals surface area contributed by atoms with Gasteiger partial charge in [-0.3, -0.25) is 10.2 Å². The predicted molar refractivity (Wildman–Crippen MR) is 123 cm³/mol. The Balaban J connectivity index is 1.78. The molecule has 31 heavy (non-hydrogen) atoms. The Morgan fingerprint density at radius 3 is 2.13 bits per heavy atom. The summed E-state index contributed by atoms with van der Waals surface area (Å²) in [7, 11) is 0. The molecule has 3 rings (SSSR count). The van der Waals surface area contributed by atoms with Crippen LogP contribution in [0.25, 0.3) is 0 Å². The summed E-state index contributed by atoms with van der Waals surface area (Å²) in [5.74, 6) is -1.45. The molecule has 160 valence electrons. The lowest BCUT2D eigenvalue weighted by molar-refractivity contribution is -0.139. The van der Waals surface area contributed by atoms with Crippen LogP contribution in [0.1, 0.15) is 44.4 Å². The van der Waals surface area contributed by atoms with Crippen molar-refractivity contribution in [3.63, 3.8) is 0 Å². The first-order chi connectivity index (χ1) is 15.1. The summed E-state index contributed by atoms with van der Waals surface area (Å²) in [4.78, 5) is 25.8. The van der Waals surface area contributed by atoms with Crippen molar-refractivity contribution in [3.8, 4) is 0 Å². The molecule has 4 N–H and O–H groups in total. The minimum Gasteiger partial charge on any atom is -0.480 e. The molecule has 0 spiro atoms. The fraction of sp³-hybridized carbons (Fsp3) is 0.208. The van der Waals surface area contributed by atoms with Crippen LogP contribution >= 0.6 is 11.3 Å². The average Bonchev–Trinajstić information content (AvgIpc) is 3.27. The molecular formula is C24H25N3O3S. The van der Waals surface area contributed by atoms with Gasteiger partial charge >= 0.3 is 5.97 Å². The van der Waals surface area contributed by atoms with E-state index < -0.39 is 12.0 Å². The summed E-state index contributed by atoms with van der Waals surface area (Å²) >= 11 is 1.38. The Hall–Kier alpha value is -3.45. The Morgan fingerprint density at radius 1 is 0.968 bits per heavy atom. The minimum absolute atomic E-state index is 0.00332. The van der Waals surface area contributed by atoms with Crippen molar-refractivity contribution in [1.29, 1.82) is 5.41 Å². The predicted octanol–water partition coefficient (Wildman–Crippen LogP) is 4.09. The van der Waals surface area contributed by atoms with Gasteiger partial charge in [0.05, 0.1) is 11.2 Å². The highest BCUT2D eigenvalue weighted by Crippen LogP contribution is 2.36. The van der Waals surface area contributed by atoms with Gasteiger partial charge in [-0.2, -0.15) is 0 Å². The molecule has 0 bridgehead atoms. The number of nitrogens with one attached hydrogen (secondary N) is 3. The van der Waals surface area contributed by atoms with Crippen molar-refractivity contribution in [2.45, 2.75) is 24.8 Å². The molecule has 0 saturated heterocycles. The minimum atomic E-state index is -1.06. The molecule has 1 atom stereocenters. The fourth-order valence-electron chi connectivity index (χ4n) is 3.41. The fourth-order valence-corrected chi connectivity index (χ4v) is 4.48. The number of aliphatic carboxylic acids is 1. The molecule has 0 aliphatic heterocycles. The number of amides is 1. The van der Waals surface area contributed by atoms with Gasteiger partial charge in [0.1, 0.15) is 6.04 Å². The SMILES string of the molecule is N=CNCCCC(NC(=O)c1ccc(C(c2ccccc2)c2ccccc2)s1)C(=O)O. The molecule has 6 nitrogen and oxygen atoms in total. The highest BCUT2D eigenvalue weighted by Gasteiger charge is 2.23. The molecule has 1 unspecified atom stereocenters. The van der Waals surface area contributed by atoms with E-state index in [-0.39, 0.29) is 18.2 Å². The van der Waals surface area contributed by atoms with E-state index in [1.165, 1.54) is 11.3 Å². The van der Waals surface area contributed by atoms with Crippen LogP contribution in [-0.4, -0.2) is 35.9 Å². The van der Waals surface area contributed by atoms with Gasteiger partial charge in [0.15, 0.2) is 0 Å². The summed E-state index contributed by atoms with van der Waals surface area (Å²) < 4.78 is 0. The number of carboxylic acids is 1. The molecule has 0 fully saturated rings. The second-order valence-corrected chi connectivity index (χ2v) is 8.18. The third-order valence-electron chi connectivity index (χ3n) is 4.92. The second-order valence-electron chi connectivity index (χ2n) is 7.06. The molecule has 1 aromatic heterocycles. The molecule has 1 amide bonds. The lowest BCUT2D eigenvalue weighted by Gasteiger charge is -2.17. The van der Waals surface area contributed by atoms with E-state index in [4.69, 9.17) is 5.41 Å². The van der Waals surface area contributed by atoms with Crippen molar-refractivity contribution in [3.05, 3.63) is 93.7 Å². The number of carbonyl (C=O) groups excluding carboxylic acids is 1. The van der Waals surface area contributed by atoms with Crippen molar-refractivity contribution in [2.24, 2.45) is 0 Å². The molecule has 1 heterocycles. The van der Waals surface area contributed by atoms with E-state index in [9.17, 15) is 14.7 Å². The van der Waals surface area contributed by atoms with Gasteiger partial charge in [0, 0.05) is 17.3 Å². The molecule has 0 aliphatic rings. The van der Waals surface area contributed by atoms with E-state index in [2.05, 4.69) is 34.9 Å². The van der Waals surface area contributed by atoms with Gasteiger partial charge in [0.25, 0.3) is 5.91 Å². The van der Waals surface area contributed by atoms with Crippen molar-refractivity contribution in [2.75, 3.05) is 6.54 Å². The van der Waals surface area contributed by atoms with Crippen LogP contribution in [0, 0.1) is 5.41 Å². The Morgan fingerprint density at radius 2 is 1.58 bits per heavy atom. The number of thiophene rings is 1. The number of benzene rings is 2. The van der Waals surface area contributed by atoms with E-state index in [0.29, 0.717) is 17.8 Å². The van der Waals surface area contributed by atoms with E-state index >= 15 is 0 Å². The Bertz CT molecular complexity index is 966. The monoisotopic (exact) mass is 435 g/mol. The first-order valence-electron chi connectivity index (χ1n) is 10.1. The molecule has 7 heteroatoms. The first-order valence-corrected chi connectivity index (χ1v) is 10.9. The zero-order valence-electron chi connectivity index (χ0n) is 17.0. The quantitative estimate of drug-likeness (QED) is 0.207. The van der Waals surface area contributed by atoms with Crippen LogP contribution in [0.2, 0.25) is 0 Å². The lowest BCUT2D eigenvalue weighted by Crippen LogP contribution is -2.40. The van der Waals surface area contributed by atoms with E-state index in [1.807, 2.05) is 42.5 Å². The summed E-state index contributed by atoms with van der Waals surface area (Å²) in [5.41, 5.74) is 2.26. The van der Waals surface area contributed by atoms with Crippen LogP contribution in [0.5, 0.6) is 0 Å². The Kier molecular flexibility index (Phi) is 7.95. The highest BCUT2D eigenvalue weighted by molar-refractivity contribution is 7.14. The topological polar surface area (TPSA) is 102 Å². The second kappa shape index (κ2) is 11.1. The van der Waals surface area contributed by atoms with Crippen LogP contribution < -0.4 is 10.6 Å². The molecule has 3 aromatic rings. The van der Waals surface area contributed by atoms with Crippen LogP contribution in [0.4, 0.5) is 0 Å². The number of hydrogen-bond acceptors (Lipinski definition) is 4. The van der Waals surface area contributed by atoms with Crippen LogP contribution in [0.3, 0.4) is 0 Å². The Labute approximate surface area is 185 Å². The van der Waals surface area contributed by atoms with Gasteiger partial charge in [0.2, 0.25) is 0 Å².